The molecule has 2 aromatic carbocycles. The number of carboxylic acid groups (broad SMARTS) is 1. The molecule has 0 spiro atoms. The summed E-state index contributed by atoms with van der Waals surface area (Å²) in [6.45, 7) is 8.33. The SMILES string of the molecule is CC(C)C(CNC(=O)OCC1c2ccccc2-c2ccccc21)C(=O)N1CC(C)C(C)(C(=O)O)C1. The number of alkyl carbamates (subject to hydrolysis) is 1. The van der Waals surface area contributed by atoms with Crippen LogP contribution in [0.4, 0.5) is 4.79 Å². The van der Waals surface area contributed by atoms with Crippen molar-refractivity contribution in [1.29, 1.82) is 0 Å². The van der Waals surface area contributed by atoms with E-state index in [-0.39, 0.29) is 43.4 Å². The van der Waals surface area contributed by atoms with Crippen molar-refractivity contribution < 1.29 is 24.2 Å². The predicted octanol–water partition coefficient (Wildman–Crippen LogP) is 4.37. The fourth-order valence-corrected chi connectivity index (χ4v) is 5.28. The van der Waals surface area contributed by atoms with Crippen molar-refractivity contribution in [2.75, 3.05) is 26.2 Å². The fourth-order valence-electron chi connectivity index (χ4n) is 5.28. The van der Waals surface area contributed by atoms with Crippen LogP contribution in [0.15, 0.2) is 48.5 Å². The number of rotatable bonds is 7. The minimum atomic E-state index is -0.961. The third-order valence-electron chi connectivity index (χ3n) is 7.83. The summed E-state index contributed by atoms with van der Waals surface area (Å²) in [6.07, 6.45) is -0.560. The number of aliphatic carboxylic acids is 1. The first-order valence-corrected chi connectivity index (χ1v) is 12.2. The normalized spacial score (nSPS) is 22.0. The van der Waals surface area contributed by atoms with Gasteiger partial charge in [-0.3, -0.25) is 9.59 Å². The average Bonchev–Trinajstić information content (AvgIpc) is 3.32. The minimum Gasteiger partial charge on any atom is -0.481 e. The molecule has 7 nitrogen and oxygen atoms in total. The van der Waals surface area contributed by atoms with Crippen LogP contribution in [0.3, 0.4) is 0 Å². The second kappa shape index (κ2) is 9.72. The lowest BCUT2D eigenvalue weighted by Gasteiger charge is -2.27. The van der Waals surface area contributed by atoms with E-state index in [1.807, 2.05) is 45.0 Å². The van der Waals surface area contributed by atoms with Gasteiger partial charge in [-0.15, -0.1) is 0 Å². The topological polar surface area (TPSA) is 95.9 Å². The van der Waals surface area contributed by atoms with Gasteiger partial charge in [-0.05, 0) is 41.0 Å². The van der Waals surface area contributed by atoms with Gasteiger partial charge in [0.1, 0.15) is 6.61 Å². The van der Waals surface area contributed by atoms with Gasteiger partial charge in [0.05, 0.1) is 11.3 Å². The maximum Gasteiger partial charge on any atom is 0.407 e. The lowest BCUT2D eigenvalue weighted by molar-refractivity contribution is -0.149. The minimum absolute atomic E-state index is 0.0247. The molecule has 3 unspecified atom stereocenters. The van der Waals surface area contributed by atoms with Crippen LogP contribution in [0.2, 0.25) is 0 Å². The molecule has 1 aliphatic heterocycles. The number of hydrogen-bond acceptors (Lipinski definition) is 4. The number of nitrogens with one attached hydrogen (secondary N) is 1. The Labute approximate surface area is 206 Å². The summed E-state index contributed by atoms with van der Waals surface area (Å²) in [5.74, 6) is -1.68. The van der Waals surface area contributed by atoms with Crippen LogP contribution in [0.5, 0.6) is 0 Å². The van der Waals surface area contributed by atoms with E-state index in [2.05, 4.69) is 29.6 Å². The number of carbonyl (C=O) groups excluding carboxylic acids is 2. The molecule has 0 saturated carbocycles. The number of benzene rings is 2. The lowest BCUT2D eigenvalue weighted by atomic mass is 9.81. The van der Waals surface area contributed by atoms with Gasteiger partial charge in [0.2, 0.25) is 5.91 Å². The monoisotopic (exact) mass is 478 g/mol. The highest BCUT2D eigenvalue weighted by atomic mass is 16.5. The standard InChI is InChI=1S/C28H34N2O5/c1-17(2)23(25(31)30-14-18(3)28(4,16-30)26(32)33)13-29-27(34)35-15-24-21-11-7-5-9-19(21)20-10-6-8-12-22(20)24/h5-12,17-18,23-24H,13-16H2,1-4H3,(H,29,34)(H,32,33). The zero-order valence-electron chi connectivity index (χ0n) is 20.8. The van der Waals surface area contributed by atoms with Crippen molar-refractivity contribution in [1.82, 2.24) is 10.2 Å². The molecule has 1 heterocycles. The molecular weight excluding hydrogens is 444 g/mol. The fraction of sp³-hybridized carbons (Fsp3) is 0.464. The van der Waals surface area contributed by atoms with E-state index in [9.17, 15) is 19.5 Å². The number of ether oxygens (including phenoxy) is 1. The van der Waals surface area contributed by atoms with Gasteiger partial charge in [-0.25, -0.2) is 4.79 Å². The van der Waals surface area contributed by atoms with Crippen molar-refractivity contribution in [3.05, 3.63) is 59.7 Å². The Balaban J connectivity index is 1.36. The van der Waals surface area contributed by atoms with E-state index in [1.54, 1.807) is 11.8 Å². The first-order valence-electron chi connectivity index (χ1n) is 12.2. The van der Waals surface area contributed by atoms with Crippen molar-refractivity contribution in [3.63, 3.8) is 0 Å². The molecule has 0 aromatic heterocycles. The van der Waals surface area contributed by atoms with Gasteiger partial charge in [-0.2, -0.15) is 0 Å². The summed E-state index contributed by atoms with van der Waals surface area (Å²) in [7, 11) is 0. The van der Waals surface area contributed by atoms with Gasteiger partial charge in [0.25, 0.3) is 0 Å². The molecular formula is C28H34N2O5. The molecule has 7 heteroatoms. The van der Waals surface area contributed by atoms with E-state index in [0.29, 0.717) is 6.54 Å². The third-order valence-corrected chi connectivity index (χ3v) is 7.83. The zero-order chi connectivity index (χ0) is 25.3. The van der Waals surface area contributed by atoms with Crippen molar-refractivity contribution in [2.24, 2.45) is 23.2 Å². The third kappa shape index (κ3) is 4.64. The Kier molecular flexibility index (Phi) is 6.88. The van der Waals surface area contributed by atoms with E-state index in [1.165, 1.54) is 0 Å². The largest absolute Gasteiger partial charge is 0.481 e. The molecule has 1 saturated heterocycles. The predicted molar refractivity (Wildman–Crippen MR) is 133 cm³/mol. The second-order valence-electron chi connectivity index (χ2n) is 10.4. The highest BCUT2D eigenvalue weighted by Gasteiger charge is 2.48. The molecule has 1 aliphatic carbocycles. The summed E-state index contributed by atoms with van der Waals surface area (Å²) in [5.41, 5.74) is 3.64. The van der Waals surface area contributed by atoms with Crippen LogP contribution in [-0.2, 0) is 14.3 Å². The first-order chi connectivity index (χ1) is 16.6. The molecule has 2 amide bonds. The van der Waals surface area contributed by atoms with Crippen LogP contribution in [0, 0.1) is 23.2 Å². The van der Waals surface area contributed by atoms with Crippen LogP contribution in [-0.4, -0.2) is 54.2 Å². The van der Waals surface area contributed by atoms with Crippen LogP contribution in [0.25, 0.3) is 11.1 Å². The molecule has 2 N–H and O–H groups in total. The van der Waals surface area contributed by atoms with Crippen molar-refractivity contribution in [2.45, 2.75) is 33.6 Å². The molecule has 0 bridgehead atoms. The first kappa shape index (κ1) is 24.8. The molecule has 1 fully saturated rings. The van der Waals surface area contributed by atoms with Gasteiger partial charge < -0.3 is 20.1 Å². The summed E-state index contributed by atoms with van der Waals surface area (Å²) in [4.78, 5) is 39.2. The van der Waals surface area contributed by atoms with Gasteiger partial charge in [0.15, 0.2) is 0 Å². The Morgan fingerprint density at radius 3 is 2.17 bits per heavy atom. The Hall–Kier alpha value is -3.35. The Bertz CT molecular complexity index is 1080. The van der Waals surface area contributed by atoms with Gasteiger partial charge in [-0.1, -0.05) is 69.3 Å². The maximum absolute atomic E-state index is 13.2. The number of amides is 2. The zero-order valence-corrected chi connectivity index (χ0v) is 20.8. The van der Waals surface area contributed by atoms with E-state index < -0.39 is 23.4 Å². The van der Waals surface area contributed by atoms with Crippen LogP contribution < -0.4 is 5.32 Å². The van der Waals surface area contributed by atoms with Crippen LogP contribution >= 0.6 is 0 Å². The van der Waals surface area contributed by atoms with E-state index >= 15 is 0 Å². The van der Waals surface area contributed by atoms with Gasteiger partial charge in [0, 0.05) is 25.6 Å². The summed E-state index contributed by atoms with van der Waals surface area (Å²) in [5, 5.41) is 12.4. The van der Waals surface area contributed by atoms with Crippen LogP contribution in [0.1, 0.15) is 44.7 Å². The summed E-state index contributed by atoms with van der Waals surface area (Å²) < 4.78 is 5.60. The number of fused-ring (bicyclic) bond motifs is 3. The Morgan fingerprint density at radius 1 is 1.09 bits per heavy atom. The summed E-state index contributed by atoms with van der Waals surface area (Å²) in [6, 6.07) is 16.3. The maximum atomic E-state index is 13.2. The highest BCUT2D eigenvalue weighted by Crippen LogP contribution is 2.44. The van der Waals surface area contributed by atoms with E-state index in [0.717, 1.165) is 22.3 Å². The molecule has 0 radical (unpaired) electrons. The van der Waals surface area contributed by atoms with Crippen molar-refractivity contribution >= 4 is 18.0 Å². The average molecular weight is 479 g/mol. The highest BCUT2D eigenvalue weighted by molar-refractivity contribution is 5.83. The van der Waals surface area contributed by atoms with Crippen molar-refractivity contribution in [3.8, 4) is 11.1 Å². The lowest BCUT2D eigenvalue weighted by Crippen LogP contribution is -2.44. The number of nitrogens with zero attached hydrogens (tertiary/aromatic N) is 1. The Morgan fingerprint density at radius 2 is 1.66 bits per heavy atom. The van der Waals surface area contributed by atoms with E-state index in [4.69, 9.17) is 4.74 Å². The molecule has 35 heavy (non-hydrogen) atoms. The quantitative estimate of drug-likeness (QED) is 0.616. The second-order valence-corrected chi connectivity index (χ2v) is 10.4. The number of carbonyl (C=O) groups is 3. The summed E-state index contributed by atoms with van der Waals surface area (Å²) >= 11 is 0. The molecule has 4 rings (SSSR count). The molecule has 2 aliphatic rings. The number of carboxylic acids is 1. The molecule has 186 valence electrons. The number of likely N-dealkylation sites (tertiary alicyclic amines) is 1. The molecule has 2 aromatic rings. The van der Waals surface area contributed by atoms with Gasteiger partial charge >= 0.3 is 12.1 Å². The number of hydrogen-bond donors (Lipinski definition) is 2. The smallest absolute Gasteiger partial charge is 0.407 e. The molecule has 3 atom stereocenters.